The van der Waals surface area contributed by atoms with Crippen LogP contribution in [0.2, 0.25) is 0 Å². The van der Waals surface area contributed by atoms with E-state index in [1.54, 1.807) is 0 Å². The minimum absolute atomic E-state index is 0.384. The lowest BCUT2D eigenvalue weighted by Crippen LogP contribution is -2.22. The van der Waals surface area contributed by atoms with Gasteiger partial charge in [-0.3, -0.25) is 14.9 Å². The Morgan fingerprint density at radius 3 is 2.33 bits per heavy atom. The fraction of sp³-hybridized carbons (Fsp3) is 0.188. The van der Waals surface area contributed by atoms with Crippen LogP contribution in [-0.4, -0.2) is 46.9 Å². The van der Waals surface area contributed by atoms with Gasteiger partial charge in [-0.1, -0.05) is 60.7 Å². The summed E-state index contributed by atoms with van der Waals surface area (Å²) >= 11 is 0. The van der Waals surface area contributed by atoms with Gasteiger partial charge in [-0.2, -0.15) is 0 Å². The molecule has 0 aliphatic carbocycles. The van der Waals surface area contributed by atoms with Crippen molar-refractivity contribution in [2.24, 2.45) is 0 Å². The van der Waals surface area contributed by atoms with Crippen molar-refractivity contribution in [3.63, 3.8) is 0 Å². The number of H-pyrrole nitrogens is 1. The van der Waals surface area contributed by atoms with E-state index in [1.165, 1.54) is 0 Å². The van der Waals surface area contributed by atoms with Gasteiger partial charge in [0, 0.05) is 46.4 Å². The number of aromatic nitrogens is 2. The van der Waals surface area contributed by atoms with Gasteiger partial charge in [0.1, 0.15) is 12.4 Å². The average Bonchev–Trinajstić information content (AvgIpc) is 3.60. The predicted molar refractivity (Wildman–Crippen MR) is 154 cm³/mol. The SMILES string of the molecule is CN(C)CCCn1cc(C2=C(c3c[nH]c4ccccc34)C(=O)NC2=O)c2cccc(OCc3ccccc3)c21. The highest BCUT2D eigenvalue weighted by atomic mass is 16.5. The summed E-state index contributed by atoms with van der Waals surface area (Å²) in [4.78, 5) is 31.9. The third-order valence-electron chi connectivity index (χ3n) is 7.16. The maximum absolute atomic E-state index is 13.3. The lowest BCUT2D eigenvalue weighted by Gasteiger charge is -2.13. The third kappa shape index (κ3) is 4.62. The smallest absolute Gasteiger partial charge is 0.259 e. The first-order valence-corrected chi connectivity index (χ1v) is 13.1. The number of hydrogen-bond donors (Lipinski definition) is 2. The Balaban J connectivity index is 1.51. The van der Waals surface area contributed by atoms with E-state index in [-0.39, 0.29) is 11.8 Å². The quantitative estimate of drug-likeness (QED) is 0.262. The van der Waals surface area contributed by atoms with Crippen molar-refractivity contribution < 1.29 is 14.3 Å². The number of hydrogen-bond acceptors (Lipinski definition) is 4. The molecule has 2 aromatic heterocycles. The number of benzene rings is 3. The molecular weight excluding hydrogens is 488 g/mol. The minimum Gasteiger partial charge on any atom is -0.487 e. The van der Waals surface area contributed by atoms with Gasteiger partial charge in [0.25, 0.3) is 11.8 Å². The fourth-order valence-electron chi connectivity index (χ4n) is 5.36. The Bertz CT molecular complexity index is 1730. The molecule has 0 spiro atoms. The number of nitrogens with one attached hydrogen (secondary N) is 2. The van der Waals surface area contributed by atoms with Crippen LogP contribution >= 0.6 is 0 Å². The molecule has 1 aliphatic rings. The third-order valence-corrected chi connectivity index (χ3v) is 7.16. The van der Waals surface area contributed by atoms with Crippen LogP contribution in [0.4, 0.5) is 0 Å². The maximum Gasteiger partial charge on any atom is 0.259 e. The van der Waals surface area contributed by atoms with E-state index in [1.807, 2.05) is 85.2 Å². The molecule has 2 amide bonds. The minimum atomic E-state index is -0.386. The molecule has 0 bridgehead atoms. The summed E-state index contributed by atoms with van der Waals surface area (Å²) in [6.07, 6.45) is 4.73. The van der Waals surface area contributed by atoms with Crippen molar-refractivity contribution in [1.82, 2.24) is 19.8 Å². The number of para-hydroxylation sites is 2. The Morgan fingerprint density at radius 2 is 1.54 bits per heavy atom. The number of fused-ring (bicyclic) bond motifs is 2. The highest BCUT2D eigenvalue weighted by Gasteiger charge is 2.35. The lowest BCUT2D eigenvalue weighted by atomic mass is 9.95. The molecule has 0 unspecified atom stereocenters. The number of carbonyl (C=O) groups excluding carboxylic acids is 2. The first-order chi connectivity index (χ1) is 19.0. The topological polar surface area (TPSA) is 79.4 Å². The Hall–Kier alpha value is -4.62. The van der Waals surface area contributed by atoms with Crippen molar-refractivity contribution in [3.8, 4) is 5.75 Å². The van der Waals surface area contributed by atoms with Crippen molar-refractivity contribution in [2.75, 3.05) is 20.6 Å². The van der Waals surface area contributed by atoms with E-state index in [4.69, 9.17) is 4.74 Å². The number of carbonyl (C=O) groups is 2. The van der Waals surface area contributed by atoms with E-state index < -0.39 is 0 Å². The first kappa shape index (κ1) is 24.7. The zero-order valence-corrected chi connectivity index (χ0v) is 22.0. The second kappa shape index (κ2) is 10.3. The summed E-state index contributed by atoms with van der Waals surface area (Å²) in [5.41, 5.74) is 5.12. The molecule has 3 heterocycles. The maximum atomic E-state index is 13.3. The van der Waals surface area contributed by atoms with Crippen LogP contribution in [0.25, 0.3) is 33.0 Å². The fourth-order valence-corrected chi connectivity index (χ4v) is 5.36. The summed E-state index contributed by atoms with van der Waals surface area (Å²) in [5.74, 6) is -0.0283. The number of ether oxygens (including phenoxy) is 1. The van der Waals surface area contributed by atoms with Crippen LogP contribution < -0.4 is 10.1 Å². The van der Waals surface area contributed by atoms with Gasteiger partial charge < -0.3 is 19.2 Å². The van der Waals surface area contributed by atoms with E-state index in [2.05, 4.69) is 33.9 Å². The lowest BCUT2D eigenvalue weighted by molar-refractivity contribution is -0.122. The number of aryl methyl sites for hydroxylation is 1. The van der Waals surface area contributed by atoms with Crippen LogP contribution in [0.1, 0.15) is 23.1 Å². The molecule has 7 nitrogen and oxygen atoms in total. The number of nitrogens with zero attached hydrogens (tertiary/aromatic N) is 2. The highest BCUT2D eigenvalue weighted by molar-refractivity contribution is 6.50. The van der Waals surface area contributed by atoms with Crippen LogP contribution in [0, 0.1) is 0 Å². The van der Waals surface area contributed by atoms with E-state index in [0.717, 1.165) is 58.2 Å². The van der Waals surface area contributed by atoms with E-state index >= 15 is 0 Å². The van der Waals surface area contributed by atoms with Crippen LogP contribution in [0.15, 0.2) is 85.2 Å². The molecule has 0 radical (unpaired) electrons. The molecule has 2 N–H and O–H groups in total. The van der Waals surface area contributed by atoms with Gasteiger partial charge in [0.05, 0.1) is 16.7 Å². The van der Waals surface area contributed by atoms with Crippen molar-refractivity contribution in [2.45, 2.75) is 19.6 Å². The standard InChI is InChI=1S/C32H30N4O3/c1-35(2)16-9-17-36-19-25(23-13-8-15-27(30(23)36)39-20-21-10-4-3-5-11-21)29-28(31(37)34-32(29)38)24-18-33-26-14-7-6-12-22(24)26/h3-8,10-15,18-19,33H,9,16-17,20H2,1-2H3,(H,34,37,38). The molecule has 0 saturated carbocycles. The Morgan fingerprint density at radius 1 is 0.821 bits per heavy atom. The average molecular weight is 519 g/mol. The van der Waals surface area contributed by atoms with Gasteiger partial charge in [0.2, 0.25) is 0 Å². The number of imide groups is 1. The summed E-state index contributed by atoms with van der Waals surface area (Å²) in [6.45, 7) is 2.09. The van der Waals surface area contributed by atoms with Crippen molar-refractivity contribution in [3.05, 3.63) is 102 Å². The molecule has 39 heavy (non-hydrogen) atoms. The summed E-state index contributed by atoms with van der Waals surface area (Å²) in [7, 11) is 4.11. The second-order valence-corrected chi connectivity index (χ2v) is 10.1. The van der Waals surface area contributed by atoms with Gasteiger partial charge in [-0.05, 0) is 44.8 Å². The highest BCUT2D eigenvalue weighted by Crippen LogP contribution is 2.40. The monoisotopic (exact) mass is 518 g/mol. The van der Waals surface area contributed by atoms with Crippen molar-refractivity contribution >= 4 is 44.8 Å². The molecule has 1 aliphatic heterocycles. The Labute approximate surface area is 226 Å². The van der Waals surface area contributed by atoms with Crippen molar-refractivity contribution in [1.29, 1.82) is 0 Å². The normalized spacial score (nSPS) is 13.7. The van der Waals surface area contributed by atoms with Gasteiger partial charge >= 0.3 is 0 Å². The molecule has 3 aromatic carbocycles. The van der Waals surface area contributed by atoms with E-state index in [9.17, 15) is 9.59 Å². The molecule has 0 atom stereocenters. The molecule has 0 fully saturated rings. The predicted octanol–water partition coefficient (Wildman–Crippen LogP) is 5.22. The van der Waals surface area contributed by atoms with Crippen LogP contribution in [0.5, 0.6) is 5.75 Å². The molecule has 5 aromatic rings. The van der Waals surface area contributed by atoms with E-state index in [0.29, 0.717) is 23.3 Å². The zero-order chi connectivity index (χ0) is 26.9. The molecular formula is C32H30N4O3. The second-order valence-electron chi connectivity index (χ2n) is 10.1. The summed E-state index contributed by atoms with van der Waals surface area (Å²) in [6, 6.07) is 23.7. The largest absolute Gasteiger partial charge is 0.487 e. The van der Waals surface area contributed by atoms with Gasteiger partial charge in [-0.25, -0.2) is 0 Å². The zero-order valence-electron chi connectivity index (χ0n) is 22.0. The summed E-state index contributed by atoms with van der Waals surface area (Å²) < 4.78 is 8.49. The first-order valence-electron chi connectivity index (χ1n) is 13.1. The number of aromatic amines is 1. The summed E-state index contributed by atoms with van der Waals surface area (Å²) in [5, 5.41) is 4.33. The van der Waals surface area contributed by atoms with Crippen LogP contribution in [-0.2, 0) is 22.7 Å². The van der Waals surface area contributed by atoms with Crippen LogP contribution in [0.3, 0.4) is 0 Å². The molecule has 6 rings (SSSR count). The van der Waals surface area contributed by atoms with Gasteiger partial charge in [0.15, 0.2) is 0 Å². The Kier molecular flexibility index (Phi) is 6.50. The molecule has 0 saturated heterocycles. The number of amides is 2. The number of rotatable bonds is 9. The molecule has 196 valence electrons. The van der Waals surface area contributed by atoms with Gasteiger partial charge in [-0.15, -0.1) is 0 Å². The molecule has 7 heteroatoms.